The van der Waals surface area contributed by atoms with Gasteiger partial charge in [0.1, 0.15) is 0 Å². The van der Waals surface area contributed by atoms with Crippen LogP contribution in [0.3, 0.4) is 0 Å². The number of alkyl halides is 2. The van der Waals surface area contributed by atoms with Crippen molar-refractivity contribution in [3.63, 3.8) is 0 Å². The average Bonchev–Trinajstić information content (AvgIpc) is 2.36. The molecule has 0 bridgehead atoms. The van der Waals surface area contributed by atoms with Crippen LogP contribution < -0.4 is 0 Å². The molecule has 1 fully saturated rings. The molecule has 0 aromatic heterocycles. The summed E-state index contributed by atoms with van der Waals surface area (Å²) in [6, 6.07) is 0. The number of likely N-dealkylation sites (tertiary alicyclic amines) is 1. The molecule has 5 heteroatoms. The van der Waals surface area contributed by atoms with Crippen molar-refractivity contribution in [2.45, 2.75) is 38.7 Å². The van der Waals surface area contributed by atoms with E-state index >= 15 is 0 Å². The van der Waals surface area contributed by atoms with Crippen molar-refractivity contribution in [1.82, 2.24) is 4.90 Å². The smallest absolute Gasteiger partial charge is 0.267 e. The molecule has 1 heterocycles. The summed E-state index contributed by atoms with van der Waals surface area (Å²) in [4.78, 5) is 12.8. The van der Waals surface area contributed by atoms with Gasteiger partial charge in [-0.1, -0.05) is 13.8 Å². The van der Waals surface area contributed by atoms with Crippen LogP contribution in [0.15, 0.2) is 0 Å². The molecule has 1 amide bonds. The molecule has 0 aliphatic carbocycles. The van der Waals surface area contributed by atoms with Crippen LogP contribution in [0.25, 0.3) is 0 Å². The van der Waals surface area contributed by atoms with Crippen molar-refractivity contribution >= 4 is 5.91 Å². The third-order valence-electron chi connectivity index (χ3n) is 2.78. The Labute approximate surface area is 88.1 Å². The lowest BCUT2D eigenvalue weighted by Gasteiger charge is -2.33. The summed E-state index contributed by atoms with van der Waals surface area (Å²) in [5, 5.41) is 9.13. The number of amides is 1. The van der Waals surface area contributed by atoms with Crippen molar-refractivity contribution in [2.75, 3.05) is 13.2 Å². The number of aliphatic hydroxyl groups is 1. The van der Waals surface area contributed by atoms with Crippen LogP contribution in [-0.2, 0) is 4.79 Å². The molecule has 3 nitrogen and oxygen atoms in total. The number of carbonyl (C=O) groups is 1. The number of aliphatic hydroxyl groups excluding tert-OH is 1. The third kappa shape index (κ3) is 2.27. The Bertz CT molecular complexity index is 268. The van der Waals surface area contributed by atoms with E-state index in [1.54, 1.807) is 13.8 Å². The quantitative estimate of drug-likeness (QED) is 0.762. The fourth-order valence-corrected chi connectivity index (χ4v) is 1.93. The SMILES string of the molecule is CC(C)C(=O)N1CC(F)(F)CC1(C)CO. The Morgan fingerprint density at radius 1 is 1.53 bits per heavy atom. The topological polar surface area (TPSA) is 40.5 Å². The molecule has 0 aromatic rings. The summed E-state index contributed by atoms with van der Waals surface area (Å²) >= 11 is 0. The van der Waals surface area contributed by atoms with Gasteiger partial charge in [-0.2, -0.15) is 0 Å². The Morgan fingerprint density at radius 3 is 2.47 bits per heavy atom. The van der Waals surface area contributed by atoms with Crippen LogP contribution in [0.1, 0.15) is 27.2 Å². The lowest BCUT2D eigenvalue weighted by Crippen LogP contribution is -2.49. The molecule has 0 radical (unpaired) electrons. The summed E-state index contributed by atoms with van der Waals surface area (Å²) < 4.78 is 26.4. The van der Waals surface area contributed by atoms with Crippen molar-refractivity contribution in [3.05, 3.63) is 0 Å². The lowest BCUT2D eigenvalue weighted by atomic mass is 9.98. The minimum Gasteiger partial charge on any atom is -0.394 e. The zero-order chi connectivity index (χ0) is 11.9. The first-order valence-electron chi connectivity index (χ1n) is 5.02. The molecule has 1 aliphatic heterocycles. The van der Waals surface area contributed by atoms with Crippen LogP contribution in [0.2, 0.25) is 0 Å². The van der Waals surface area contributed by atoms with Gasteiger partial charge in [-0.3, -0.25) is 4.79 Å². The van der Waals surface area contributed by atoms with E-state index in [1.165, 1.54) is 6.92 Å². The van der Waals surface area contributed by atoms with Gasteiger partial charge < -0.3 is 10.0 Å². The fourth-order valence-electron chi connectivity index (χ4n) is 1.93. The molecule has 1 rings (SSSR count). The largest absolute Gasteiger partial charge is 0.394 e. The molecule has 1 atom stereocenters. The highest BCUT2D eigenvalue weighted by atomic mass is 19.3. The zero-order valence-corrected chi connectivity index (χ0v) is 9.26. The van der Waals surface area contributed by atoms with E-state index in [2.05, 4.69) is 0 Å². The lowest BCUT2D eigenvalue weighted by molar-refractivity contribution is -0.140. The molecule has 1 N–H and O–H groups in total. The number of hydrogen-bond donors (Lipinski definition) is 1. The highest BCUT2D eigenvalue weighted by Crippen LogP contribution is 2.39. The Hall–Kier alpha value is -0.710. The summed E-state index contributed by atoms with van der Waals surface area (Å²) in [6.45, 7) is 3.81. The van der Waals surface area contributed by atoms with E-state index in [0.717, 1.165) is 4.90 Å². The first-order chi connectivity index (χ1) is 6.72. The molecule has 1 unspecified atom stereocenters. The molecular formula is C10H17F2NO2. The second kappa shape index (κ2) is 3.70. The zero-order valence-electron chi connectivity index (χ0n) is 9.26. The third-order valence-corrected chi connectivity index (χ3v) is 2.78. The fraction of sp³-hybridized carbons (Fsp3) is 0.900. The molecule has 1 saturated heterocycles. The van der Waals surface area contributed by atoms with Crippen LogP contribution in [0.5, 0.6) is 0 Å². The summed E-state index contributed by atoms with van der Waals surface area (Å²) in [5.41, 5.74) is -1.12. The van der Waals surface area contributed by atoms with Gasteiger partial charge in [0.2, 0.25) is 5.91 Å². The maximum absolute atomic E-state index is 13.2. The number of nitrogens with zero attached hydrogens (tertiary/aromatic N) is 1. The van der Waals surface area contributed by atoms with Gasteiger partial charge in [0, 0.05) is 12.3 Å². The minimum atomic E-state index is -2.89. The van der Waals surface area contributed by atoms with E-state index in [-0.39, 0.29) is 11.8 Å². The first-order valence-corrected chi connectivity index (χ1v) is 5.02. The van der Waals surface area contributed by atoms with Crippen molar-refractivity contribution in [1.29, 1.82) is 0 Å². The minimum absolute atomic E-state index is 0.329. The number of hydrogen-bond acceptors (Lipinski definition) is 2. The highest BCUT2D eigenvalue weighted by Gasteiger charge is 2.53. The van der Waals surface area contributed by atoms with Crippen LogP contribution >= 0.6 is 0 Å². The van der Waals surface area contributed by atoms with E-state index in [0.29, 0.717) is 0 Å². The first kappa shape index (κ1) is 12.4. The van der Waals surface area contributed by atoms with E-state index in [9.17, 15) is 13.6 Å². The summed E-state index contributed by atoms with van der Waals surface area (Å²) in [6.07, 6.45) is -0.463. The monoisotopic (exact) mass is 221 g/mol. The van der Waals surface area contributed by atoms with E-state index in [1.807, 2.05) is 0 Å². The van der Waals surface area contributed by atoms with Crippen molar-refractivity contribution in [3.8, 4) is 0 Å². The maximum Gasteiger partial charge on any atom is 0.267 e. The van der Waals surface area contributed by atoms with Gasteiger partial charge in [-0.25, -0.2) is 8.78 Å². The molecular weight excluding hydrogens is 204 g/mol. The second-order valence-electron chi connectivity index (χ2n) is 4.77. The standard InChI is InChI=1S/C10H17F2NO2/c1-7(2)8(15)13-5-10(11,12)4-9(13,3)6-14/h7,14H,4-6H2,1-3H3. The number of rotatable bonds is 2. The predicted octanol–water partition coefficient (Wildman–Crippen LogP) is 1.26. The summed E-state index contributed by atoms with van der Waals surface area (Å²) in [5.74, 6) is -3.55. The van der Waals surface area contributed by atoms with Crippen LogP contribution in [-0.4, -0.2) is 40.5 Å². The van der Waals surface area contributed by atoms with Crippen LogP contribution in [0, 0.1) is 5.92 Å². The van der Waals surface area contributed by atoms with Gasteiger partial charge >= 0.3 is 0 Å². The summed E-state index contributed by atoms with van der Waals surface area (Å²) in [7, 11) is 0. The van der Waals surface area contributed by atoms with Gasteiger partial charge in [0.15, 0.2) is 0 Å². The number of carbonyl (C=O) groups excluding carboxylic acids is 1. The molecule has 0 aromatic carbocycles. The van der Waals surface area contributed by atoms with Crippen molar-refractivity contribution < 1.29 is 18.7 Å². The molecule has 88 valence electrons. The van der Waals surface area contributed by atoms with Gasteiger partial charge in [0.05, 0.1) is 18.7 Å². The molecule has 15 heavy (non-hydrogen) atoms. The normalized spacial score (nSPS) is 29.9. The Morgan fingerprint density at radius 2 is 2.07 bits per heavy atom. The van der Waals surface area contributed by atoms with Gasteiger partial charge in [0.25, 0.3) is 5.92 Å². The Balaban J connectivity index is 2.92. The van der Waals surface area contributed by atoms with E-state index < -0.39 is 31.0 Å². The van der Waals surface area contributed by atoms with Crippen molar-refractivity contribution in [2.24, 2.45) is 5.92 Å². The van der Waals surface area contributed by atoms with Gasteiger partial charge in [-0.15, -0.1) is 0 Å². The number of halogens is 2. The Kier molecular flexibility index (Phi) is 3.05. The second-order valence-corrected chi connectivity index (χ2v) is 4.77. The van der Waals surface area contributed by atoms with E-state index in [4.69, 9.17) is 5.11 Å². The maximum atomic E-state index is 13.2. The highest BCUT2D eigenvalue weighted by molar-refractivity contribution is 5.79. The van der Waals surface area contributed by atoms with Gasteiger partial charge in [-0.05, 0) is 6.92 Å². The average molecular weight is 221 g/mol. The predicted molar refractivity (Wildman–Crippen MR) is 51.6 cm³/mol. The molecule has 0 saturated carbocycles. The molecule has 0 spiro atoms. The van der Waals surface area contributed by atoms with Crippen LogP contribution in [0.4, 0.5) is 8.78 Å². The molecule has 1 aliphatic rings.